The van der Waals surface area contributed by atoms with Crippen molar-refractivity contribution < 1.29 is 27.1 Å². The number of carbonyl (C=O) groups excluding carboxylic acids is 1. The van der Waals surface area contributed by atoms with Crippen LogP contribution in [0.4, 0.5) is 17.6 Å². The number of alkyl halides is 3. The average molecular weight is 290 g/mol. The number of ether oxygens (including phenoxy) is 1. The summed E-state index contributed by atoms with van der Waals surface area (Å²) in [5.41, 5.74) is -1.77. The number of esters is 1. The van der Waals surface area contributed by atoms with Crippen molar-refractivity contribution in [3.63, 3.8) is 0 Å². The van der Waals surface area contributed by atoms with E-state index in [1.807, 2.05) is 0 Å². The van der Waals surface area contributed by atoms with Crippen LogP contribution in [0.3, 0.4) is 0 Å². The Labute approximate surface area is 113 Å². The molecule has 0 bridgehead atoms. The van der Waals surface area contributed by atoms with Gasteiger partial charge in [-0.3, -0.25) is 4.79 Å². The Morgan fingerprint density at radius 2 is 1.95 bits per heavy atom. The van der Waals surface area contributed by atoms with Gasteiger partial charge in [-0.1, -0.05) is 25.1 Å². The van der Waals surface area contributed by atoms with E-state index in [1.54, 1.807) is 0 Å². The van der Waals surface area contributed by atoms with E-state index in [2.05, 4.69) is 4.74 Å². The number of carbonyl (C=O) groups is 1. The summed E-state index contributed by atoms with van der Waals surface area (Å²) < 4.78 is 59.5. The SMILES string of the molecule is CC(F)(F)[C@H]1OC(=O)C[C@](C)(c2ccccc2F)[C@H]1F. The van der Waals surface area contributed by atoms with E-state index >= 15 is 0 Å². The van der Waals surface area contributed by atoms with Crippen LogP contribution in [0.25, 0.3) is 0 Å². The van der Waals surface area contributed by atoms with Crippen LogP contribution in [0.15, 0.2) is 24.3 Å². The molecule has 1 fully saturated rings. The number of hydrogen-bond acceptors (Lipinski definition) is 2. The van der Waals surface area contributed by atoms with Crippen molar-refractivity contribution in [2.75, 3.05) is 0 Å². The minimum Gasteiger partial charge on any atom is -0.453 e. The molecule has 0 spiro atoms. The molecule has 1 aliphatic rings. The van der Waals surface area contributed by atoms with Gasteiger partial charge in [-0.15, -0.1) is 0 Å². The molecule has 0 saturated carbocycles. The van der Waals surface area contributed by atoms with E-state index in [0.29, 0.717) is 6.92 Å². The Bertz CT molecular complexity index is 526. The van der Waals surface area contributed by atoms with E-state index in [9.17, 15) is 22.4 Å². The van der Waals surface area contributed by atoms with Gasteiger partial charge in [-0.05, 0) is 11.6 Å². The topological polar surface area (TPSA) is 26.3 Å². The standard InChI is InChI=1S/C14H14F4O2/c1-13(8-5-3-4-6-9(8)15)7-10(19)20-12(11(13)16)14(2,17)18/h3-6,11-12H,7H2,1-2H3/t11-,12-,13+/m0/s1. The van der Waals surface area contributed by atoms with Gasteiger partial charge in [0.1, 0.15) is 5.82 Å². The molecule has 3 atom stereocenters. The highest BCUT2D eigenvalue weighted by Gasteiger charge is 2.56. The molecule has 1 aliphatic heterocycles. The van der Waals surface area contributed by atoms with Crippen LogP contribution in [0.5, 0.6) is 0 Å². The zero-order valence-corrected chi connectivity index (χ0v) is 11.0. The van der Waals surface area contributed by atoms with Crippen LogP contribution in [0.2, 0.25) is 0 Å². The Morgan fingerprint density at radius 3 is 2.50 bits per heavy atom. The van der Waals surface area contributed by atoms with Crippen LogP contribution < -0.4 is 0 Å². The van der Waals surface area contributed by atoms with Gasteiger partial charge in [0, 0.05) is 12.3 Å². The van der Waals surface area contributed by atoms with E-state index in [0.717, 1.165) is 6.07 Å². The predicted octanol–water partition coefficient (Wildman–Crippen LogP) is 3.39. The maximum atomic E-state index is 14.5. The van der Waals surface area contributed by atoms with Gasteiger partial charge in [0.2, 0.25) is 0 Å². The minimum atomic E-state index is -3.54. The molecule has 0 aliphatic carbocycles. The maximum absolute atomic E-state index is 14.5. The highest BCUT2D eigenvalue weighted by Crippen LogP contribution is 2.44. The van der Waals surface area contributed by atoms with Crippen molar-refractivity contribution in [1.82, 2.24) is 0 Å². The fourth-order valence-electron chi connectivity index (χ4n) is 2.50. The molecule has 0 radical (unpaired) electrons. The first-order valence-electron chi connectivity index (χ1n) is 6.12. The fraction of sp³-hybridized carbons (Fsp3) is 0.500. The molecule has 0 aromatic heterocycles. The third-order valence-corrected chi connectivity index (χ3v) is 3.63. The van der Waals surface area contributed by atoms with Crippen LogP contribution in [-0.2, 0) is 14.9 Å². The second kappa shape index (κ2) is 4.75. The quantitative estimate of drug-likeness (QED) is 0.616. The molecular weight excluding hydrogens is 276 g/mol. The summed E-state index contributed by atoms with van der Waals surface area (Å²) in [6.07, 6.45) is -4.90. The maximum Gasteiger partial charge on any atom is 0.307 e. The molecular formula is C14H14F4O2. The Kier molecular flexibility index (Phi) is 3.52. The molecule has 0 amide bonds. The molecule has 1 saturated heterocycles. The molecule has 6 heteroatoms. The molecule has 0 N–H and O–H groups in total. The second-order valence-corrected chi connectivity index (χ2v) is 5.34. The zero-order valence-electron chi connectivity index (χ0n) is 11.0. The molecule has 1 aromatic rings. The summed E-state index contributed by atoms with van der Waals surface area (Å²) >= 11 is 0. The van der Waals surface area contributed by atoms with Crippen LogP contribution in [0.1, 0.15) is 25.8 Å². The van der Waals surface area contributed by atoms with Crippen molar-refractivity contribution in [1.29, 1.82) is 0 Å². The largest absolute Gasteiger partial charge is 0.453 e. The average Bonchev–Trinajstić information content (AvgIpc) is 2.33. The zero-order chi connectivity index (χ0) is 15.1. The van der Waals surface area contributed by atoms with Gasteiger partial charge in [0.25, 0.3) is 5.92 Å². The van der Waals surface area contributed by atoms with Crippen molar-refractivity contribution in [3.8, 4) is 0 Å². The van der Waals surface area contributed by atoms with E-state index in [1.165, 1.54) is 25.1 Å². The van der Waals surface area contributed by atoms with Crippen LogP contribution >= 0.6 is 0 Å². The number of cyclic esters (lactones) is 1. The summed E-state index contributed by atoms with van der Waals surface area (Å²) in [7, 11) is 0. The van der Waals surface area contributed by atoms with Gasteiger partial charge >= 0.3 is 5.97 Å². The van der Waals surface area contributed by atoms with Crippen LogP contribution in [-0.4, -0.2) is 24.2 Å². The lowest BCUT2D eigenvalue weighted by molar-refractivity contribution is -0.201. The Hall–Kier alpha value is -1.59. The minimum absolute atomic E-state index is 0.0987. The third kappa shape index (κ3) is 2.39. The molecule has 2 nitrogen and oxygen atoms in total. The number of benzene rings is 1. The van der Waals surface area contributed by atoms with Crippen molar-refractivity contribution in [2.24, 2.45) is 0 Å². The summed E-state index contributed by atoms with van der Waals surface area (Å²) in [4.78, 5) is 11.5. The monoisotopic (exact) mass is 290 g/mol. The van der Waals surface area contributed by atoms with Gasteiger partial charge in [0.05, 0.1) is 6.42 Å². The van der Waals surface area contributed by atoms with E-state index < -0.39 is 41.8 Å². The normalized spacial score (nSPS) is 31.0. The first-order chi connectivity index (χ1) is 9.16. The molecule has 0 unspecified atom stereocenters. The lowest BCUT2D eigenvalue weighted by Gasteiger charge is -2.42. The highest BCUT2D eigenvalue weighted by atomic mass is 19.3. The third-order valence-electron chi connectivity index (χ3n) is 3.63. The van der Waals surface area contributed by atoms with Gasteiger partial charge < -0.3 is 4.74 Å². The van der Waals surface area contributed by atoms with Crippen molar-refractivity contribution in [3.05, 3.63) is 35.6 Å². The first-order valence-corrected chi connectivity index (χ1v) is 6.12. The predicted molar refractivity (Wildman–Crippen MR) is 63.8 cm³/mol. The van der Waals surface area contributed by atoms with E-state index in [-0.39, 0.29) is 5.56 Å². The summed E-state index contributed by atoms with van der Waals surface area (Å²) in [5, 5.41) is 0. The van der Waals surface area contributed by atoms with Crippen molar-refractivity contribution >= 4 is 5.97 Å². The molecule has 20 heavy (non-hydrogen) atoms. The number of halogens is 4. The Morgan fingerprint density at radius 1 is 1.35 bits per heavy atom. The number of rotatable bonds is 2. The summed E-state index contributed by atoms with van der Waals surface area (Å²) in [5.74, 6) is -5.23. The van der Waals surface area contributed by atoms with E-state index in [4.69, 9.17) is 0 Å². The second-order valence-electron chi connectivity index (χ2n) is 5.34. The van der Waals surface area contributed by atoms with Gasteiger partial charge in [-0.25, -0.2) is 17.6 Å². The van der Waals surface area contributed by atoms with Gasteiger partial charge in [-0.2, -0.15) is 0 Å². The molecule has 1 aromatic carbocycles. The smallest absolute Gasteiger partial charge is 0.307 e. The van der Waals surface area contributed by atoms with Crippen molar-refractivity contribution in [2.45, 2.75) is 43.9 Å². The molecule has 1 heterocycles. The van der Waals surface area contributed by atoms with Crippen LogP contribution in [0, 0.1) is 5.82 Å². The van der Waals surface area contributed by atoms with Gasteiger partial charge in [0.15, 0.2) is 12.3 Å². The first kappa shape index (κ1) is 14.8. The molecule has 110 valence electrons. The number of hydrogen-bond donors (Lipinski definition) is 0. The summed E-state index contributed by atoms with van der Waals surface area (Å²) in [6, 6.07) is 5.27. The lowest BCUT2D eigenvalue weighted by Crippen LogP contribution is -2.56. The lowest BCUT2D eigenvalue weighted by atomic mass is 9.71. The molecule has 2 rings (SSSR count). The summed E-state index contributed by atoms with van der Waals surface area (Å²) in [6.45, 7) is 1.74. The highest BCUT2D eigenvalue weighted by molar-refractivity contribution is 5.73. The fourth-order valence-corrected chi connectivity index (χ4v) is 2.50. The Balaban J connectivity index is 2.49.